The Balaban J connectivity index is 1.64. The van der Waals surface area contributed by atoms with Gasteiger partial charge >= 0.3 is 0 Å². The number of rotatable bonds is 2. The van der Waals surface area contributed by atoms with E-state index in [0.29, 0.717) is 5.41 Å². The van der Waals surface area contributed by atoms with Gasteiger partial charge in [-0.15, -0.1) is 0 Å². The summed E-state index contributed by atoms with van der Waals surface area (Å²) in [5, 5.41) is 3.52. The molecule has 0 saturated carbocycles. The Bertz CT molecular complexity index is 219. The highest BCUT2D eigenvalue weighted by atomic mass is 16.5. The summed E-state index contributed by atoms with van der Waals surface area (Å²) in [6.45, 7) is 9.35. The molecule has 1 N–H and O–H groups in total. The largest absolute Gasteiger partial charge is 0.380 e. The van der Waals surface area contributed by atoms with Crippen LogP contribution in [0.1, 0.15) is 0 Å². The molecule has 0 bridgehead atoms. The van der Waals surface area contributed by atoms with Crippen LogP contribution in [0, 0.1) is 11.3 Å². The summed E-state index contributed by atoms with van der Waals surface area (Å²) in [5.41, 5.74) is 0.400. The lowest BCUT2D eigenvalue weighted by Gasteiger charge is -2.35. The van der Waals surface area contributed by atoms with Gasteiger partial charge in [-0.1, -0.05) is 0 Å². The molecule has 0 aromatic rings. The molecule has 3 saturated heterocycles. The molecule has 0 unspecified atom stereocenters. The third-order valence-electron chi connectivity index (χ3n) is 4.08. The van der Waals surface area contributed by atoms with Gasteiger partial charge in [-0.3, -0.25) is 4.90 Å². The first-order valence-electron chi connectivity index (χ1n) is 5.98. The van der Waals surface area contributed by atoms with E-state index < -0.39 is 0 Å². The average Bonchev–Trinajstić information content (AvgIpc) is 2.78. The Morgan fingerprint density at radius 2 is 2.13 bits per heavy atom. The fraction of sp³-hybridized carbons (Fsp3) is 1.00. The molecule has 4 nitrogen and oxygen atoms in total. The number of morpholine rings is 1. The van der Waals surface area contributed by atoms with E-state index in [9.17, 15) is 0 Å². The van der Waals surface area contributed by atoms with Crippen LogP contribution in [0.2, 0.25) is 0 Å². The minimum absolute atomic E-state index is 0.400. The van der Waals surface area contributed by atoms with Crippen LogP contribution in [-0.4, -0.2) is 64.1 Å². The van der Waals surface area contributed by atoms with Crippen LogP contribution in [0.25, 0.3) is 0 Å². The molecule has 0 spiro atoms. The van der Waals surface area contributed by atoms with Crippen LogP contribution in [0.3, 0.4) is 0 Å². The molecule has 4 heteroatoms. The van der Waals surface area contributed by atoms with Crippen LogP contribution in [0.4, 0.5) is 0 Å². The quantitative estimate of drug-likeness (QED) is 0.672. The molecule has 3 aliphatic rings. The second-order valence-corrected chi connectivity index (χ2v) is 5.09. The molecule has 0 amide bonds. The van der Waals surface area contributed by atoms with Gasteiger partial charge in [0, 0.05) is 44.1 Å². The van der Waals surface area contributed by atoms with Crippen molar-refractivity contribution in [2.45, 2.75) is 0 Å². The molecular weight excluding hydrogens is 192 g/mol. The lowest BCUT2D eigenvalue weighted by atomic mass is 9.80. The van der Waals surface area contributed by atoms with Crippen molar-refractivity contribution in [3.05, 3.63) is 0 Å². The van der Waals surface area contributed by atoms with Crippen molar-refractivity contribution in [2.24, 2.45) is 11.3 Å². The fourth-order valence-corrected chi connectivity index (χ4v) is 3.10. The van der Waals surface area contributed by atoms with Gasteiger partial charge in [0.2, 0.25) is 0 Å². The monoisotopic (exact) mass is 212 g/mol. The Morgan fingerprint density at radius 1 is 1.27 bits per heavy atom. The van der Waals surface area contributed by atoms with Gasteiger partial charge in [-0.05, 0) is 0 Å². The van der Waals surface area contributed by atoms with Crippen LogP contribution < -0.4 is 5.32 Å². The second-order valence-electron chi connectivity index (χ2n) is 5.09. The van der Waals surface area contributed by atoms with Crippen molar-refractivity contribution in [1.82, 2.24) is 10.2 Å². The number of nitrogens with one attached hydrogen (secondary N) is 1. The van der Waals surface area contributed by atoms with Gasteiger partial charge in [-0.25, -0.2) is 0 Å². The molecule has 3 rings (SSSR count). The molecule has 0 aromatic heterocycles. The number of fused-ring (bicyclic) bond motifs is 1. The predicted molar refractivity (Wildman–Crippen MR) is 56.9 cm³/mol. The summed E-state index contributed by atoms with van der Waals surface area (Å²) in [6.07, 6.45) is 0. The number of hydrogen-bond acceptors (Lipinski definition) is 4. The van der Waals surface area contributed by atoms with Crippen molar-refractivity contribution in [1.29, 1.82) is 0 Å². The molecular formula is C11H20N2O2. The third-order valence-corrected chi connectivity index (χ3v) is 4.08. The number of ether oxygens (including phenoxy) is 2. The van der Waals surface area contributed by atoms with Crippen LogP contribution in [-0.2, 0) is 9.47 Å². The minimum atomic E-state index is 0.400. The highest BCUT2D eigenvalue weighted by molar-refractivity contribution is 5.00. The number of hydrogen-bond donors (Lipinski definition) is 1. The van der Waals surface area contributed by atoms with Crippen LogP contribution in [0.5, 0.6) is 0 Å². The number of nitrogens with zero attached hydrogens (tertiary/aromatic N) is 1. The van der Waals surface area contributed by atoms with E-state index in [-0.39, 0.29) is 0 Å². The predicted octanol–water partition coefficient (Wildman–Crippen LogP) is -0.445. The Labute approximate surface area is 90.9 Å². The molecule has 3 fully saturated rings. The fourth-order valence-electron chi connectivity index (χ4n) is 3.10. The van der Waals surface area contributed by atoms with E-state index in [1.165, 1.54) is 6.54 Å². The summed E-state index contributed by atoms with van der Waals surface area (Å²) >= 11 is 0. The molecule has 2 atom stereocenters. The first-order valence-corrected chi connectivity index (χ1v) is 5.98. The van der Waals surface area contributed by atoms with E-state index in [2.05, 4.69) is 10.2 Å². The van der Waals surface area contributed by atoms with Gasteiger partial charge < -0.3 is 14.8 Å². The SMILES string of the molecule is C1CN(C[C@@]23CNC[C@@H]2COC3)CCO1. The van der Waals surface area contributed by atoms with Crippen molar-refractivity contribution in [3.8, 4) is 0 Å². The molecule has 15 heavy (non-hydrogen) atoms. The highest BCUT2D eigenvalue weighted by Gasteiger charge is 2.48. The lowest BCUT2D eigenvalue weighted by Crippen LogP contribution is -2.47. The normalized spacial score (nSPS) is 42.0. The van der Waals surface area contributed by atoms with E-state index in [1.54, 1.807) is 0 Å². The summed E-state index contributed by atoms with van der Waals surface area (Å²) in [6, 6.07) is 0. The van der Waals surface area contributed by atoms with E-state index >= 15 is 0 Å². The van der Waals surface area contributed by atoms with Gasteiger partial charge in [0.15, 0.2) is 0 Å². The van der Waals surface area contributed by atoms with Crippen molar-refractivity contribution < 1.29 is 9.47 Å². The molecule has 86 valence electrons. The highest BCUT2D eigenvalue weighted by Crippen LogP contribution is 2.38. The summed E-state index contributed by atoms with van der Waals surface area (Å²) in [5.74, 6) is 0.736. The van der Waals surface area contributed by atoms with E-state index in [0.717, 1.165) is 58.5 Å². The maximum atomic E-state index is 5.66. The van der Waals surface area contributed by atoms with Gasteiger partial charge in [0.1, 0.15) is 0 Å². The maximum Gasteiger partial charge on any atom is 0.0594 e. The third kappa shape index (κ3) is 1.80. The van der Waals surface area contributed by atoms with E-state index in [1.807, 2.05) is 0 Å². The summed E-state index contributed by atoms with van der Waals surface area (Å²) in [7, 11) is 0. The lowest BCUT2D eigenvalue weighted by molar-refractivity contribution is 0.0129. The van der Waals surface area contributed by atoms with Crippen LogP contribution in [0.15, 0.2) is 0 Å². The summed E-state index contributed by atoms with van der Waals surface area (Å²) in [4.78, 5) is 2.54. The zero-order valence-electron chi connectivity index (χ0n) is 9.21. The van der Waals surface area contributed by atoms with Gasteiger partial charge in [0.25, 0.3) is 0 Å². The van der Waals surface area contributed by atoms with Crippen molar-refractivity contribution in [3.63, 3.8) is 0 Å². The Morgan fingerprint density at radius 3 is 3.00 bits per heavy atom. The smallest absolute Gasteiger partial charge is 0.0594 e. The Kier molecular flexibility index (Phi) is 2.68. The minimum Gasteiger partial charge on any atom is -0.380 e. The molecule has 3 aliphatic heterocycles. The van der Waals surface area contributed by atoms with Crippen LogP contribution >= 0.6 is 0 Å². The summed E-state index contributed by atoms with van der Waals surface area (Å²) < 4.78 is 11.0. The molecule has 0 aliphatic carbocycles. The van der Waals surface area contributed by atoms with Gasteiger partial charge in [-0.2, -0.15) is 0 Å². The first-order chi connectivity index (χ1) is 7.39. The topological polar surface area (TPSA) is 33.7 Å². The Hall–Kier alpha value is -0.160. The maximum absolute atomic E-state index is 5.66. The molecule has 3 heterocycles. The van der Waals surface area contributed by atoms with Crippen molar-refractivity contribution in [2.75, 3.05) is 59.2 Å². The second kappa shape index (κ2) is 4.01. The van der Waals surface area contributed by atoms with E-state index in [4.69, 9.17) is 9.47 Å². The average molecular weight is 212 g/mol. The molecule has 0 aromatic carbocycles. The standard InChI is InChI=1S/C11H20N2O2/c1-3-14-4-2-13(1)8-11-7-12-5-10(11)6-15-9-11/h10,12H,1-9H2/t10-,11-/m1/s1. The van der Waals surface area contributed by atoms with Crippen molar-refractivity contribution >= 4 is 0 Å². The van der Waals surface area contributed by atoms with Gasteiger partial charge in [0.05, 0.1) is 26.4 Å². The molecule has 0 radical (unpaired) electrons. The first kappa shape index (κ1) is 10.0. The zero-order chi connectivity index (χ0) is 10.1. The zero-order valence-corrected chi connectivity index (χ0v) is 9.21.